The zero-order chi connectivity index (χ0) is 22.5. The van der Waals surface area contributed by atoms with Crippen molar-refractivity contribution in [3.05, 3.63) is 53.7 Å². The van der Waals surface area contributed by atoms with Crippen molar-refractivity contribution in [2.45, 2.75) is 13.3 Å². The highest BCUT2D eigenvalue weighted by atomic mass is 32.1. The van der Waals surface area contributed by atoms with Crippen molar-refractivity contribution in [1.82, 2.24) is 15.2 Å². The van der Waals surface area contributed by atoms with Gasteiger partial charge in [0.2, 0.25) is 5.13 Å². The fourth-order valence-electron chi connectivity index (χ4n) is 2.98. The van der Waals surface area contributed by atoms with Crippen molar-refractivity contribution in [2.24, 2.45) is 0 Å². The van der Waals surface area contributed by atoms with E-state index in [-0.39, 0.29) is 0 Å². The van der Waals surface area contributed by atoms with Crippen LogP contribution < -0.4 is 24.8 Å². The summed E-state index contributed by atoms with van der Waals surface area (Å²) in [6.45, 7) is 1.98. The second-order valence-corrected chi connectivity index (χ2v) is 7.66. The molecule has 0 saturated carbocycles. The first kappa shape index (κ1) is 21.3. The molecule has 0 fully saturated rings. The van der Waals surface area contributed by atoms with Crippen LogP contribution in [-0.2, 0) is 6.42 Å². The molecule has 10 heteroatoms. The lowest BCUT2D eigenvalue weighted by molar-refractivity contribution is 0.262. The predicted octanol–water partition coefficient (Wildman–Crippen LogP) is 5.10. The lowest BCUT2D eigenvalue weighted by atomic mass is 10.2. The number of benzene rings is 2. The Bertz CT molecular complexity index is 1240. The van der Waals surface area contributed by atoms with Crippen LogP contribution >= 0.6 is 11.3 Å². The van der Waals surface area contributed by atoms with Gasteiger partial charge in [0.25, 0.3) is 0 Å². The van der Waals surface area contributed by atoms with Crippen LogP contribution in [0.25, 0.3) is 10.9 Å². The molecule has 2 aromatic carbocycles. The zero-order valence-electron chi connectivity index (χ0n) is 17.7. The smallest absolute Gasteiger partial charge is 0.325 e. The van der Waals surface area contributed by atoms with Crippen LogP contribution in [0.15, 0.2) is 48.7 Å². The average Bonchev–Trinajstić information content (AvgIpc) is 3.27. The number of nitrogens with zero attached hydrogens (tertiary/aromatic N) is 3. The Kier molecular flexibility index (Phi) is 6.31. The molecule has 2 heterocycles. The first-order valence-corrected chi connectivity index (χ1v) is 10.6. The SMILES string of the molecule is CCc1nnc(NC(=O)Nc2ccc(Oc3ccnc4cc(OC)c(OC)cc34)cc2)s1. The number of carbonyl (C=O) groups is 1. The van der Waals surface area contributed by atoms with Gasteiger partial charge in [-0.15, -0.1) is 10.2 Å². The second kappa shape index (κ2) is 9.48. The first-order chi connectivity index (χ1) is 15.6. The fourth-order valence-corrected chi connectivity index (χ4v) is 3.65. The number of aryl methyl sites for hydroxylation is 1. The van der Waals surface area contributed by atoms with Crippen molar-refractivity contribution in [3.8, 4) is 23.0 Å². The summed E-state index contributed by atoms with van der Waals surface area (Å²) in [7, 11) is 3.16. The molecule has 0 atom stereocenters. The number of aromatic nitrogens is 3. The number of amides is 2. The Hall–Kier alpha value is -3.92. The fraction of sp³-hybridized carbons (Fsp3) is 0.182. The topological polar surface area (TPSA) is 107 Å². The summed E-state index contributed by atoms with van der Waals surface area (Å²) in [4.78, 5) is 16.5. The average molecular weight is 452 g/mol. The van der Waals surface area contributed by atoms with E-state index >= 15 is 0 Å². The van der Waals surface area contributed by atoms with Crippen molar-refractivity contribution in [2.75, 3.05) is 24.9 Å². The van der Waals surface area contributed by atoms with E-state index in [9.17, 15) is 4.79 Å². The monoisotopic (exact) mass is 451 g/mol. The number of carbonyl (C=O) groups excluding carboxylic acids is 1. The molecule has 0 radical (unpaired) electrons. The molecule has 0 spiro atoms. The summed E-state index contributed by atoms with van der Waals surface area (Å²) < 4.78 is 16.8. The summed E-state index contributed by atoms with van der Waals surface area (Å²) in [5.41, 5.74) is 1.33. The van der Waals surface area contributed by atoms with Gasteiger partial charge in [0, 0.05) is 23.3 Å². The number of anilines is 2. The summed E-state index contributed by atoms with van der Waals surface area (Å²) in [5.74, 6) is 2.41. The largest absolute Gasteiger partial charge is 0.493 e. The van der Waals surface area contributed by atoms with Gasteiger partial charge in [-0.1, -0.05) is 18.3 Å². The van der Waals surface area contributed by atoms with Gasteiger partial charge in [-0.05, 0) is 42.8 Å². The molecular weight excluding hydrogens is 430 g/mol. The van der Waals surface area contributed by atoms with Crippen LogP contribution in [0, 0.1) is 0 Å². The molecule has 0 aliphatic carbocycles. The minimum atomic E-state index is -0.390. The van der Waals surface area contributed by atoms with E-state index in [0.717, 1.165) is 22.3 Å². The number of urea groups is 1. The molecule has 2 N–H and O–H groups in total. The molecule has 32 heavy (non-hydrogen) atoms. The van der Waals surface area contributed by atoms with Gasteiger partial charge in [0.1, 0.15) is 16.5 Å². The van der Waals surface area contributed by atoms with Crippen LogP contribution in [0.1, 0.15) is 11.9 Å². The lowest BCUT2D eigenvalue weighted by Crippen LogP contribution is -2.19. The Morgan fingerprint density at radius 2 is 1.72 bits per heavy atom. The highest BCUT2D eigenvalue weighted by Gasteiger charge is 2.12. The normalized spacial score (nSPS) is 10.6. The van der Waals surface area contributed by atoms with E-state index in [1.54, 1.807) is 56.8 Å². The standard InChI is InChI=1S/C22H21N5O4S/c1-4-20-26-27-22(32-20)25-21(28)24-13-5-7-14(8-6-13)31-17-9-10-23-16-12-19(30-3)18(29-2)11-15(16)17/h5-12H,4H2,1-3H3,(H2,24,25,27,28). The van der Waals surface area contributed by atoms with E-state index in [1.807, 2.05) is 13.0 Å². The maximum Gasteiger partial charge on any atom is 0.325 e. The van der Waals surface area contributed by atoms with Crippen molar-refractivity contribution < 1.29 is 19.0 Å². The van der Waals surface area contributed by atoms with E-state index in [1.165, 1.54) is 11.3 Å². The highest BCUT2D eigenvalue weighted by molar-refractivity contribution is 7.15. The minimum Gasteiger partial charge on any atom is -0.493 e. The van der Waals surface area contributed by atoms with Crippen LogP contribution in [0.3, 0.4) is 0 Å². The van der Waals surface area contributed by atoms with Crippen LogP contribution in [0.5, 0.6) is 23.0 Å². The third-order valence-corrected chi connectivity index (χ3v) is 5.52. The number of fused-ring (bicyclic) bond motifs is 1. The Morgan fingerprint density at radius 1 is 0.969 bits per heavy atom. The van der Waals surface area contributed by atoms with E-state index in [2.05, 4.69) is 25.8 Å². The number of methoxy groups -OCH3 is 2. The van der Waals surface area contributed by atoms with Crippen LogP contribution in [-0.4, -0.2) is 35.4 Å². The number of pyridine rings is 1. The van der Waals surface area contributed by atoms with Crippen molar-refractivity contribution in [1.29, 1.82) is 0 Å². The third-order valence-electron chi connectivity index (χ3n) is 4.54. The van der Waals surface area contributed by atoms with E-state index < -0.39 is 6.03 Å². The van der Waals surface area contributed by atoms with Crippen LogP contribution in [0.2, 0.25) is 0 Å². The first-order valence-electron chi connectivity index (χ1n) is 9.78. The Morgan fingerprint density at radius 3 is 2.41 bits per heavy atom. The zero-order valence-corrected chi connectivity index (χ0v) is 18.5. The van der Waals surface area contributed by atoms with Gasteiger partial charge in [0.05, 0.1) is 19.7 Å². The number of ether oxygens (including phenoxy) is 3. The molecule has 0 saturated heterocycles. The second-order valence-electron chi connectivity index (χ2n) is 6.59. The summed E-state index contributed by atoms with van der Waals surface area (Å²) in [5, 5.41) is 15.4. The molecule has 0 bridgehead atoms. The van der Waals surface area contributed by atoms with Gasteiger partial charge in [-0.3, -0.25) is 10.3 Å². The molecule has 4 rings (SSSR count). The van der Waals surface area contributed by atoms with Crippen molar-refractivity contribution >= 4 is 39.1 Å². The maximum absolute atomic E-state index is 12.2. The number of rotatable bonds is 7. The maximum atomic E-state index is 12.2. The van der Waals surface area contributed by atoms with Gasteiger partial charge < -0.3 is 19.5 Å². The summed E-state index contributed by atoms with van der Waals surface area (Å²) in [6.07, 6.45) is 2.44. The highest BCUT2D eigenvalue weighted by Crippen LogP contribution is 2.37. The van der Waals surface area contributed by atoms with E-state index in [0.29, 0.717) is 33.8 Å². The quantitative estimate of drug-likeness (QED) is 0.402. The summed E-state index contributed by atoms with van der Waals surface area (Å²) in [6, 6.07) is 12.0. The van der Waals surface area contributed by atoms with Gasteiger partial charge in [-0.2, -0.15) is 0 Å². The third kappa shape index (κ3) is 4.70. The van der Waals surface area contributed by atoms with Crippen molar-refractivity contribution in [3.63, 3.8) is 0 Å². The minimum absolute atomic E-state index is 0.390. The molecule has 2 amide bonds. The molecule has 164 valence electrons. The molecule has 2 aromatic heterocycles. The van der Waals surface area contributed by atoms with Crippen LogP contribution in [0.4, 0.5) is 15.6 Å². The number of hydrogen-bond acceptors (Lipinski definition) is 8. The van der Waals surface area contributed by atoms with Gasteiger partial charge in [-0.25, -0.2) is 4.79 Å². The van der Waals surface area contributed by atoms with Gasteiger partial charge in [0.15, 0.2) is 11.5 Å². The number of hydrogen-bond donors (Lipinski definition) is 2. The molecular formula is C22H21N5O4S. The number of nitrogens with one attached hydrogen (secondary N) is 2. The van der Waals surface area contributed by atoms with Gasteiger partial charge >= 0.3 is 6.03 Å². The Balaban J connectivity index is 1.46. The molecule has 9 nitrogen and oxygen atoms in total. The lowest BCUT2D eigenvalue weighted by Gasteiger charge is -2.12. The molecule has 0 aliphatic heterocycles. The van der Waals surface area contributed by atoms with E-state index in [4.69, 9.17) is 14.2 Å². The Labute approximate surface area is 188 Å². The molecule has 4 aromatic rings. The molecule has 0 unspecified atom stereocenters. The summed E-state index contributed by atoms with van der Waals surface area (Å²) >= 11 is 1.35. The predicted molar refractivity (Wildman–Crippen MR) is 123 cm³/mol. The molecule has 0 aliphatic rings.